The standard InChI is InChI=1S/C27H28N4O4/c1-26(2,17-28)34-18-9-10-20(23(15-18)33-4)25(32)31-13-11-27(12-14-31)21-16-29-30(3)24(21)19-7-5-6-8-22(19)35-27/h5-10,15-16H,11-14H2,1-4H3. The second-order valence-electron chi connectivity index (χ2n) is 9.50. The molecule has 0 N–H and O–H groups in total. The number of benzene rings is 2. The van der Waals surface area contributed by atoms with Crippen molar-refractivity contribution < 1.29 is 19.0 Å². The highest BCUT2D eigenvalue weighted by Crippen LogP contribution is 2.49. The summed E-state index contributed by atoms with van der Waals surface area (Å²) in [5.41, 5.74) is 2.15. The van der Waals surface area contributed by atoms with Crippen molar-refractivity contribution in [1.29, 1.82) is 5.26 Å². The van der Waals surface area contributed by atoms with Gasteiger partial charge in [0.1, 0.15) is 28.9 Å². The Morgan fingerprint density at radius 1 is 1.20 bits per heavy atom. The molecule has 5 rings (SSSR count). The van der Waals surface area contributed by atoms with E-state index in [1.807, 2.05) is 41.0 Å². The highest BCUT2D eigenvalue weighted by atomic mass is 16.5. The molecule has 35 heavy (non-hydrogen) atoms. The fraction of sp³-hybridized carbons (Fsp3) is 0.370. The van der Waals surface area contributed by atoms with Crippen LogP contribution in [0, 0.1) is 11.3 Å². The Hall–Kier alpha value is -3.99. The fourth-order valence-corrected chi connectivity index (χ4v) is 4.95. The van der Waals surface area contributed by atoms with Gasteiger partial charge < -0.3 is 19.1 Å². The van der Waals surface area contributed by atoms with Crippen molar-refractivity contribution in [2.24, 2.45) is 7.05 Å². The van der Waals surface area contributed by atoms with E-state index in [1.165, 1.54) is 7.11 Å². The topological polar surface area (TPSA) is 89.6 Å². The molecule has 8 heteroatoms. The van der Waals surface area contributed by atoms with Crippen LogP contribution in [-0.4, -0.2) is 46.4 Å². The molecule has 0 unspecified atom stereocenters. The number of carbonyl (C=O) groups is 1. The van der Waals surface area contributed by atoms with Gasteiger partial charge in [-0.1, -0.05) is 12.1 Å². The highest BCUT2D eigenvalue weighted by Gasteiger charge is 2.46. The summed E-state index contributed by atoms with van der Waals surface area (Å²) in [4.78, 5) is 15.3. The molecule has 2 aliphatic rings. The van der Waals surface area contributed by atoms with E-state index in [4.69, 9.17) is 14.2 Å². The third-order valence-corrected chi connectivity index (χ3v) is 6.78. The third-order valence-electron chi connectivity index (χ3n) is 6.78. The van der Waals surface area contributed by atoms with Crippen LogP contribution in [0.25, 0.3) is 11.3 Å². The first-order valence-corrected chi connectivity index (χ1v) is 11.7. The van der Waals surface area contributed by atoms with Crippen LogP contribution in [0.3, 0.4) is 0 Å². The van der Waals surface area contributed by atoms with Crippen molar-refractivity contribution in [3.63, 3.8) is 0 Å². The summed E-state index contributed by atoms with van der Waals surface area (Å²) in [5.74, 6) is 1.63. The SMILES string of the molecule is COc1cc(OC(C)(C)C#N)ccc1C(=O)N1CCC2(CC1)Oc1ccccc1-c1c2cnn1C. The van der Waals surface area contributed by atoms with E-state index in [-0.39, 0.29) is 5.91 Å². The van der Waals surface area contributed by atoms with Crippen molar-refractivity contribution in [3.8, 4) is 34.6 Å². The number of hydrogen-bond donors (Lipinski definition) is 0. The van der Waals surface area contributed by atoms with Crippen molar-refractivity contribution in [2.45, 2.75) is 37.9 Å². The molecule has 1 saturated heterocycles. The number of amides is 1. The first-order chi connectivity index (χ1) is 16.8. The van der Waals surface area contributed by atoms with Crippen molar-refractivity contribution in [2.75, 3.05) is 20.2 Å². The Morgan fingerprint density at radius 3 is 2.66 bits per heavy atom. The van der Waals surface area contributed by atoms with Gasteiger partial charge in [0.15, 0.2) is 5.60 Å². The molecular formula is C27H28N4O4. The smallest absolute Gasteiger partial charge is 0.257 e. The van der Waals surface area contributed by atoms with Gasteiger partial charge in [0.25, 0.3) is 5.91 Å². The van der Waals surface area contributed by atoms with Crippen LogP contribution in [0.5, 0.6) is 17.2 Å². The lowest BCUT2D eigenvalue weighted by Crippen LogP contribution is -2.49. The van der Waals surface area contributed by atoms with Gasteiger partial charge >= 0.3 is 0 Å². The van der Waals surface area contributed by atoms with Crippen molar-refractivity contribution in [1.82, 2.24) is 14.7 Å². The quantitative estimate of drug-likeness (QED) is 0.562. The molecule has 0 atom stereocenters. The molecule has 8 nitrogen and oxygen atoms in total. The lowest BCUT2D eigenvalue weighted by atomic mass is 9.81. The Kier molecular flexibility index (Phi) is 5.43. The maximum Gasteiger partial charge on any atom is 0.257 e. The van der Waals surface area contributed by atoms with Gasteiger partial charge in [-0.05, 0) is 38.1 Å². The van der Waals surface area contributed by atoms with Crippen LogP contribution in [0.4, 0.5) is 0 Å². The van der Waals surface area contributed by atoms with Gasteiger partial charge in [0, 0.05) is 50.2 Å². The average Bonchev–Trinajstić information content (AvgIpc) is 3.26. The van der Waals surface area contributed by atoms with Crippen LogP contribution in [0.1, 0.15) is 42.6 Å². The molecule has 1 fully saturated rings. The van der Waals surface area contributed by atoms with Gasteiger partial charge in [0.05, 0.1) is 24.6 Å². The number of aryl methyl sites for hydroxylation is 1. The van der Waals surface area contributed by atoms with E-state index < -0.39 is 11.2 Å². The van der Waals surface area contributed by atoms with Gasteiger partial charge in [-0.25, -0.2) is 0 Å². The highest BCUT2D eigenvalue weighted by molar-refractivity contribution is 5.97. The zero-order valence-corrected chi connectivity index (χ0v) is 20.4. The van der Waals surface area contributed by atoms with Gasteiger partial charge in [-0.15, -0.1) is 0 Å². The van der Waals surface area contributed by atoms with Crippen molar-refractivity contribution >= 4 is 5.91 Å². The predicted octanol–water partition coefficient (Wildman–Crippen LogP) is 4.30. The third kappa shape index (κ3) is 3.87. The minimum Gasteiger partial charge on any atom is -0.496 e. The second-order valence-corrected chi connectivity index (χ2v) is 9.50. The van der Waals surface area contributed by atoms with Gasteiger partial charge in [0.2, 0.25) is 0 Å². The van der Waals surface area contributed by atoms with E-state index in [0.29, 0.717) is 43.0 Å². The first kappa shape index (κ1) is 22.8. The Bertz CT molecular complexity index is 1330. The van der Waals surface area contributed by atoms with Gasteiger partial charge in [-0.3, -0.25) is 9.48 Å². The molecule has 1 spiro atoms. The molecule has 1 aromatic heterocycles. The van der Waals surface area contributed by atoms with Crippen LogP contribution >= 0.6 is 0 Å². The Labute approximate surface area is 204 Å². The maximum atomic E-state index is 13.4. The summed E-state index contributed by atoms with van der Waals surface area (Å²) in [7, 11) is 3.47. The first-order valence-electron chi connectivity index (χ1n) is 11.7. The summed E-state index contributed by atoms with van der Waals surface area (Å²) < 4.78 is 19.7. The summed E-state index contributed by atoms with van der Waals surface area (Å²) in [6, 6.07) is 15.2. The molecular weight excluding hydrogens is 444 g/mol. The summed E-state index contributed by atoms with van der Waals surface area (Å²) in [6.45, 7) is 4.44. The molecule has 2 aliphatic heterocycles. The van der Waals surface area contributed by atoms with E-state index in [0.717, 1.165) is 22.6 Å². The largest absolute Gasteiger partial charge is 0.496 e. The lowest BCUT2D eigenvalue weighted by molar-refractivity contribution is -0.00179. The zero-order valence-electron chi connectivity index (χ0n) is 20.4. The molecule has 2 aromatic carbocycles. The maximum absolute atomic E-state index is 13.4. The van der Waals surface area contributed by atoms with E-state index in [9.17, 15) is 10.1 Å². The number of para-hydroxylation sites is 1. The minimum atomic E-state index is -0.985. The van der Waals surface area contributed by atoms with Crippen LogP contribution in [0.15, 0.2) is 48.7 Å². The molecule has 3 heterocycles. The van der Waals surface area contributed by atoms with Crippen LogP contribution in [-0.2, 0) is 12.6 Å². The molecule has 180 valence electrons. The molecule has 1 amide bonds. The summed E-state index contributed by atoms with van der Waals surface area (Å²) in [6.07, 6.45) is 3.21. The lowest BCUT2D eigenvalue weighted by Gasteiger charge is -2.44. The summed E-state index contributed by atoms with van der Waals surface area (Å²) in [5, 5.41) is 13.8. The molecule has 3 aromatic rings. The average molecular weight is 473 g/mol. The Morgan fingerprint density at radius 2 is 1.94 bits per heavy atom. The normalized spacial score (nSPS) is 16.0. The number of carbonyl (C=O) groups excluding carboxylic acids is 1. The number of nitriles is 1. The predicted molar refractivity (Wildman–Crippen MR) is 129 cm³/mol. The number of aromatic nitrogens is 2. The monoisotopic (exact) mass is 472 g/mol. The molecule has 0 bridgehead atoms. The van der Waals surface area contributed by atoms with E-state index in [2.05, 4.69) is 17.2 Å². The van der Waals surface area contributed by atoms with E-state index >= 15 is 0 Å². The van der Waals surface area contributed by atoms with Crippen LogP contribution in [0.2, 0.25) is 0 Å². The Balaban J connectivity index is 1.37. The number of methoxy groups -OCH3 is 1. The number of rotatable bonds is 4. The van der Waals surface area contributed by atoms with Crippen molar-refractivity contribution in [3.05, 3.63) is 59.8 Å². The minimum absolute atomic E-state index is 0.106. The number of ether oxygens (including phenoxy) is 3. The number of fused-ring (bicyclic) bond motifs is 4. The second kappa shape index (κ2) is 8.35. The van der Waals surface area contributed by atoms with E-state index in [1.54, 1.807) is 32.0 Å². The number of hydrogen-bond acceptors (Lipinski definition) is 6. The molecule has 0 radical (unpaired) electrons. The number of likely N-dealkylation sites (tertiary alicyclic amines) is 1. The zero-order chi connectivity index (χ0) is 24.8. The van der Waals surface area contributed by atoms with Crippen LogP contribution < -0.4 is 14.2 Å². The fourth-order valence-electron chi connectivity index (χ4n) is 4.95. The number of piperidine rings is 1. The number of nitrogens with zero attached hydrogens (tertiary/aromatic N) is 4. The van der Waals surface area contributed by atoms with Gasteiger partial charge in [-0.2, -0.15) is 10.4 Å². The molecule has 0 aliphatic carbocycles. The summed E-state index contributed by atoms with van der Waals surface area (Å²) >= 11 is 0. The molecule has 0 saturated carbocycles.